The van der Waals surface area contributed by atoms with Gasteiger partial charge < -0.3 is 0 Å². The van der Waals surface area contributed by atoms with E-state index in [1.165, 1.54) is 36.4 Å². The number of hydrogen-bond acceptors (Lipinski definition) is 6. The van der Waals surface area contributed by atoms with Gasteiger partial charge in [-0.25, -0.2) is 13.2 Å². The molecule has 45 heavy (non-hydrogen) atoms. The molecule has 3 aromatic heterocycles. The smallest absolute Gasteiger partial charge is 0.262 e. The van der Waals surface area contributed by atoms with E-state index in [4.69, 9.17) is 0 Å². The number of rotatable bonds is 6. The highest BCUT2D eigenvalue weighted by Gasteiger charge is 2.31. The highest BCUT2D eigenvalue weighted by Crippen LogP contribution is 2.26. The van der Waals surface area contributed by atoms with Gasteiger partial charge in [0.15, 0.2) is 0 Å². The van der Waals surface area contributed by atoms with Crippen molar-refractivity contribution in [3.63, 3.8) is 0 Å². The minimum absolute atomic E-state index is 0.348. The molecule has 0 aliphatic rings. The fourth-order valence-corrected chi connectivity index (χ4v) is 5.87. The summed E-state index contributed by atoms with van der Waals surface area (Å²) in [5, 5.41) is -2.91. The summed E-state index contributed by atoms with van der Waals surface area (Å²) in [7, 11) is 0. The molecule has 0 amide bonds. The Morgan fingerprint density at radius 2 is 0.511 bits per heavy atom. The lowest BCUT2D eigenvalue weighted by molar-refractivity contribution is 0.625. The van der Waals surface area contributed by atoms with Crippen molar-refractivity contribution in [1.29, 1.82) is 0 Å². The first-order valence-electron chi connectivity index (χ1n) is 13.6. The number of fused-ring (bicyclic) bond motifs is 6. The van der Waals surface area contributed by atoms with Gasteiger partial charge in [0.05, 0.1) is 52.0 Å². The molecule has 0 aliphatic carbocycles. The lowest BCUT2D eigenvalue weighted by atomic mass is 10.0. The molecule has 4 aromatic carbocycles. The lowest BCUT2D eigenvalue weighted by Gasteiger charge is -2.01. The molecule has 0 spiro atoms. The van der Waals surface area contributed by atoms with Crippen LogP contribution in [0.4, 0.5) is 13.2 Å². The second-order valence-electron chi connectivity index (χ2n) is 10.7. The molecular formula is C33H18F3N3O6. The predicted molar refractivity (Wildman–Crippen MR) is 161 cm³/mol. The Morgan fingerprint density at radius 3 is 0.689 bits per heavy atom. The van der Waals surface area contributed by atoms with Crippen molar-refractivity contribution in [2.75, 3.05) is 0 Å². The van der Waals surface area contributed by atoms with Crippen LogP contribution in [0, 0.1) is 17.5 Å². The van der Waals surface area contributed by atoms with E-state index in [1.54, 1.807) is 0 Å². The van der Waals surface area contributed by atoms with Crippen molar-refractivity contribution in [3.05, 3.63) is 169 Å². The SMILES string of the molecule is O=c1c2c3c(=O)n(Cc4ccc(F)cc4)c(=O)c3c3c(=O)n(Cc4ccc(F)cc4)c(=O)c3c2c(=O)n1Cc1ccc(F)cc1. The molecule has 0 saturated heterocycles. The summed E-state index contributed by atoms with van der Waals surface area (Å²) in [4.78, 5) is 83.1. The maximum absolute atomic E-state index is 13.8. The molecule has 0 saturated carbocycles. The van der Waals surface area contributed by atoms with Gasteiger partial charge in [0.1, 0.15) is 17.5 Å². The van der Waals surface area contributed by atoms with Crippen LogP contribution in [-0.4, -0.2) is 13.7 Å². The first-order valence-corrected chi connectivity index (χ1v) is 13.6. The van der Waals surface area contributed by atoms with Crippen LogP contribution < -0.4 is 33.4 Å². The molecule has 0 N–H and O–H groups in total. The zero-order valence-corrected chi connectivity index (χ0v) is 23.0. The first kappa shape index (κ1) is 27.9. The van der Waals surface area contributed by atoms with Gasteiger partial charge in [-0.05, 0) is 53.1 Å². The van der Waals surface area contributed by atoms with Gasteiger partial charge in [0.25, 0.3) is 33.4 Å². The van der Waals surface area contributed by atoms with Crippen LogP contribution in [-0.2, 0) is 19.6 Å². The quantitative estimate of drug-likeness (QED) is 0.286. The lowest BCUT2D eigenvalue weighted by Crippen LogP contribution is -2.27. The van der Waals surface area contributed by atoms with Crippen molar-refractivity contribution in [3.8, 4) is 0 Å². The van der Waals surface area contributed by atoms with E-state index in [0.29, 0.717) is 16.7 Å². The molecule has 7 rings (SSSR count). The van der Waals surface area contributed by atoms with Crippen molar-refractivity contribution in [2.45, 2.75) is 19.6 Å². The molecule has 0 bridgehead atoms. The van der Waals surface area contributed by atoms with Crippen molar-refractivity contribution < 1.29 is 13.2 Å². The van der Waals surface area contributed by atoms with Crippen LogP contribution >= 0.6 is 0 Å². The summed E-state index contributed by atoms with van der Waals surface area (Å²) in [6.45, 7) is -1.04. The van der Waals surface area contributed by atoms with Crippen LogP contribution in [0.5, 0.6) is 0 Å². The number of halogens is 3. The zero-order chi connectivity index (χ0) is 31.7. The summed E-state index contributed by atoms with van der Waals surface area (Å²) in [5.74, 6) is -1.65. The van der Waals surface area contributed by atoms with Crippen LogP contribution in [0.25, 0.3) is 32.3 Å². The van der Waals surface area contributed by atoms with Gasteiger partial charge in [-0.3, -0.25) is 42.5 Å². The average molecular weight is 610 g/mol. The Kier molecular flexibility index (Phi) is 6.25. The van der Waals surface area contributed by atoms with E-state index < -0.39 is 83.1 Å². The average Bonchev–Trinajstić information content (AvgIpc) is 3.52. The Hall–Kier alpha value is -5.91. The van der Waals surface area contributed by atoms with E-state index in [0.717, 1.165) is 50.1 Å². The van der Waals surface area contributed by atoms with Crippen LogP contribution in [0.1, 0.15) is 16.7 Å². The third kappa shape index (κ3) is 4.25. The Bertz CT molecular complexity index is 2210. The highest BCUT2D eigenvalue weighted by atomic mass is 19.1. The molecule has 3 heterocycles. The van der Waals surface area contributed by atoms with Gasteiger partial charge in [-0.15, -0.1) is 0 Å². The largest absolute Gasteiger partial charge is 0.270 e. The van der Waals surface area contributed by atoms with E-state index in [-0.39, 0.29) is 19.6 Å². The highest BCUT2D eigenvalue weighted by molar-refractivity contribution is 6.25. The summed E-state index contributed by atoms with van der Waals surface area (Å²) in [5.41, 5.74) is -4.75. The van der Waals surface area contributed by atoms with Crippen LogP contribution in [0.15, 0.2) is 102 Å². The van der Waals surface area contributed by atoms with Gasteiger partial charge in [0.2, 0.25) is 0 Å². The summed E-state index contributed by atoms with van der Waals surface area (Å²) in [6.07, 6.45) is 0. The molecule has 0 fully saturated rings. The second kappa shape index (κ2) is 10.1. The Balaban J connectivity index is 1.59. The fraction of sp³-hybridized carbons (Fsp3) is 0.0909. The van der Waals surface area contributed by atoms with E-state index in [2.05, 4.69) is 0 Å². The van der Waals surface area contributed by atoms with Crippen LogP contribution in [0.2, 0.25) is 0 Å². The van der Waals surface area contributed by atoms with Crippen molar-refractivity contribution in [1.82, 2.24) is 13.7 Å². The fourth-order valence-electron chi connectivity index (χ4n) is 5.87. The molecule has 0 unspecified atom stereocenters. The summed E-state index contributed by atoms with van der Waals surface area (Å²) < 4.78 is 42.9. The topological polar surface area (TPSA) is 117 Å². The summed E-state index contributed by atoms with van der Waals surface area (Å²) in [6, 6.07) is 14.9. The molecule has 12 heteroatoms. The van der Waals surface area contributed by atoms with Gasteiger partial charge >= 0.3 is 0 Å². The van der Waals surface area contributed by atoms with Crippen molar-refractivity contribution in [2.24, 2.45) is 0 Å². The summed E-state index contributed by atoms with van der Waals surface area (Å²) >= 11 is 0. The Labute approximate surface area is 247 Å². The minimum Gasteiger partial charge on any atom is -0.270 e. The monoisotopic (exact) mass is 609 g/mol. The number of hydrogen-bond donors (Lipinski definition) is 0. The first-order chi connectivity index (χ1) is 21.5. The molecular weight excluding hydrogens is 591 g/mol. The van der Waals surface area contributed by atoms with E-state index >= 15 is 0 Å². The third-order valence-corrected chi connectivity index (χ3v) is 8.02. The van der Waals surface area contributed by atoms with Crippen molar-refractivity contribution >= 4 is 32.3 Å². The molecule has 0 radical (unpaired) electrons. The Morgan fingerprint density at radius 1 is 0.333 bits per heavy atom. The maximum atomic E-state index is 13.8. The predicted octanol–water partition coefficient (Wildman–Crippen LogP) is 2.59. The number of benzene rings is 4. The van der Waals surface area contributed by atoms with Gasteiger partial charge in [-0.1, -0.05) is 36.4 Å². The number of aromatic nitrogens is 3. The second-order valence-corrected chi connectivity index (χ2v) is 10.7. The van der Waals surface area contributed by atoms with E-state index in [1.807, 2.05) is 0 Å². The minimum atomic E-state index is -0.972. The molecule has 222 valence electrons. The maximum Gasteiger partial charge on any atom is 0.262 e. The normalized spacial score (nSPS) is 11.8. The molecule has 7 aromatic rings. The van der Waals surface area contributed by atoms with Crippen LogP contribution in [0.3, 0.4) is 0 Å². The third-order valence-electron chi connectivity index (χ3n) is 8.02. The molecule has 0 atom stereocenters. The number of nitrogens with zero attached hydrogens (tertiary/aromatic N) is 3. The standard InChI is InChI=1S/C33H18F3N3O6/c34-19-7-1-16(2-8-19)13-37-28(40)22-23(29(37)41)25-27(33(45)39(31(25)43)15-18-5-11-21(36)12-6-18)26-24(22)30(42)38(32(26)44)14-17-3-9-20(35)10-4-17/h1-12H,13-15H2. The molecule has 0 aliphatic heterocycles. The molecule has 9 nitrogen and oxygen atoms in total. The van der Waals surface area contributed by atoms with Gasteiger partial charge in [-0.2, -0.15) is 0 Å². The zero-order valence-electron chi connectivity index (χ0n) is 23.0. The van der Waals surface area contributed by atoms with E-state index in [9.17, 15) is 41.9 Å². The van der Waals surface area contributed by atoms with Gasteiger partial charge in [0, 0.05) is 0 Å².